The molecular formula is C13H22N2. The normalized spacial score (nSPS) is 15.3. The smallest absolute Gasteiger partial charge is 0.0295 e. The van der Waals surface area contributed by atoms with Crippen molar-refractivity contribution in [3.8, 4) is 0 Å². The van der Waals surface area contributed by atoms with Crippen LogP contribution in [0.4, 0.5) is 0 Å². The van der Waals surface area contributed by atoms with Crippen LogP contribution in [0, 0.1) is 5.92 Å². The molecule has 1 aromatic rings. The third-order valence-electron chi connectivity index (χ3n) is 2.91. The second-order valence-electron chi connectivity index (χ2n) is 4.43. The second kappa shape index (κ2) is 5.86. The molecule has 0 saturated heterocycles. The Morgan fingerprint density at radius 2 is 1.80 bits per heavy atom. The molecule has 2 nitrogen and oxygen atoms in total. The molecule has 0 fully saturated rings. The molecule has 2 atom stereocenters. The van der Waals surface area contributed by atoms with E-state index >= 15 is 0 Å². The van der Waals surface area contributed by atoms with Crippen LogP contribution in [0.15, 0.2) is 24.5 Å². The molecule has 1 rings (SSSR count). The van der Waals surface area contributed by atoms with Crippen molar-refractivity contribution in [2.75, 3.05) is 0 Å². The molecule has 0 aliphatic rings. The highest BCUT2D eigenvalue weighted by Gasteiger charge is 2.14. The minimum absolute atomic E-state index is 0.403. The molecule has 0 aliphatic carbocycles. The van der Waals surface area contributed by atoms with Gasteiger partial charge in [0.25, 0.3) is 0 Å². The van der Waals surface area contributed by atoms with Crippen molar-refractivity contribution in [3.63, 3.8) is 0 Å². The van der Waals surface area contributed by atoms with E-state index in [1.165, 1.54) is 12.0 Å². The number of hydrogen-bond donors (Lipinski definition) is 1. The molecule has 1 heterocycles. The van der Waals surface area contributed by atoms with E-state index in [2.05, 4.69) is 50.1 Å². The summed E-state index contributed by atoms with van der Waals surface area (Å²) in [6, 6.07) is 5.14. The lowest BCUT2D eigenvalue weighted by Crippen LogP contribution is -2.35. The molecular weight excluding hydrogens is 184 g/mol. The van der Waals surface area contributed by atoms with Crippen molar-refractivity contribution in [3.05, 3.63) is 30.1 Å². The van der Waals surface area contributed by atoms with Crippen molar-refractivity contribution in [1.29, 1.82) is 0 Å². The summed E-state index contributed by atoms with van der Waals surface area (Å²) in [4.78, 5) is 4.03. The van der Waals surface area contributed by atoms with Crippen LogP contribution in [0.5, 0.6) is 0 Å². The van der Waals surface area contributed by atoms with Gasteiger partial charge in [0.2, 0.25) is 0 Å². The van der Waals surface area contributed by atoms with Gasteiger partial charge >= 0.3 is 0 Å². The summed E-state index contributed by atoms with van der Waals surface area (Å²) in [5.74, 6) is 0.680. The first-order chi connectivity index (χ1) is 7.15. The Balaban J connectivity index is 2.58. The van der Waals surface area contributed by atoms with Gasteiger partial charge in [0.05, 0.1) is 0 Å². The highest BCUT2D eigenvalue weighted by molar-refractivity contribution is 5.14. The van der Waals surface area contributed by atoms with Gasteiger partial charge in [0.15, 0.2) is 0 Å². The number of nitrogens with one attached hydrogen (secondary N) is 1. The van der Waals surface area contributed by atoms with E-state index in [-0.39, 0.29) is 0 Å². The molecule has 0 radical (unpaired) electrons. The maximum absolute atomic E-state index is 4.03. The van der Waals surface area contributed by atoms with Gasteiger partial charge in [-0.3, -0.25) is 4.98 Å². The van der Waals surface area contributed by atoms with Crippen molar-refractivity contribution in [2.45, 2.75) is 46.2 Å². The molecule has 84 valence electrons. The second-order valence-corrected chi connectivity index (χ2v) is 4.43. The van der Waals surface area contributed by atoms with Gasteiger partial charge in [-0.2, -0.15) is 0 Å². The van der Waals surface area contributed by atoms with Crippen LogP contribution in [-0.2, 0) is 0 Å². The minimum atomic E-state index is 0.403. The van der Waals surface area contributed by atoms with Gasteiger partial charge < -0.3 is 5.32 Å². The Kier molecular flexibility index (Phi) is 4.76. The van der Waals surface area contributed by atoms with Crippen molar-refractivity contribution >= 4 is 0 Å². The lowest BCUT2D eigenvalue weighted by Gasteiger charge is -2.25. The maximum atomic E-state index is 4.03. The molecule has 0 saturated carbocycles. The largest absolute Gasteiger partial charge is 0.307 e. The highest BCUT2D eigenvalue weighted by Crippen LogP contribution is 2.15. The van der Waals surface area contributed by atoms with Crippen LogP contribution in [0.3, 0.4) is 0 Å². The molecule has 1 unspecified atom stereocenters. The summed E-state index contributed by atoms with van der Waals surface area (Å²) >= 11 is 0. The summed E-state index contributed by atoms with van der Waals surface area (Å²) in [6.45, 7) is 8.97. The first kappa shape index (κ1) is 12.2. The quantitative estimate of drug-likeness (QED) is 0.800. The van der Waals surface area contributed by atoms with Crippen LogP contribution in [0.25, 0.3) is 0 Å². The monoisotopic (exact) mass is 206 g/mol. The zero-order chi connectivity index (χ0) is 11.3. The number of nitrogens with zero attached hydrogens (tertiary/aromatic N) is 1. The standard InChI is InChI=1S/C13H22N2/c1-5-13(10(2)3)15-11(4)12-6-8-14-9-7-12/h6-11,13,15H,5H2,1-4H3/t11-,13?/m0/s1. The zero-order valence-corrected chi connectivity index (χ0v) is 10.2. The summed E-state index contributed by atoms with van der Waals surface area (Å²) in [5, 5.41) is 3.65. The van der Waals surface area contributed by atoms with Crippen LogP contribution in [0.1, 0.15) is 45.7 Å². The van der Waals surface area contributed by atoms with Crippen LogP contribution in [0.2, 0.25) is 0 Å². The molecule has 0 bridgehead atoms. The lowest BCUT2D eigenvalue weighted by molar-refractivity contribution is 0.356. The Hall–Kier alpha value is -0.890. The van der Waals surface area contributed by atoms with E-state index in [9.17, 15) is 0 Å². The SMILES string of the molecule is CCC(N[C@@H](C)c1ccncc1)C(C)C. The molecule has 0 amide bonds. The molecule has 2 heteroatoms. The summed E-state index contributed by atoms with van der Waals surface area (Å²) < 4.78 is 0. The topological polar surface area (TPSA) is 24.9 Å². The number of pyridine rings is 1. The highest BCUT2D eigenvalue weighted by atomic mass is 14.9. The van der Waals surface area contributed by atoms with Crippen molar-refractivity contribution < 1.29 is 0 Å². The maximum Gasteiger partial charge on any atom is 0.0295 e. The van der Waals surface area contributed by atoms with Crippen molar-refractivity contribution in [2.24, 2.45) is 5.92 Å². The Morgan fingerprint density at radius 1 is 1.20 bits per heavy atom. The van der Waals surface area contributed by atoms with E-state index in [0.29, 0.717) is 18.0 Å². The Bertz CT molecular complexity index is 269. The van der Waals surface area contributed by atoms with Gasteiger partial charge in [-0.25, -0.2) is 0 Å². The van der Waals surface area contributed by atoms with Gasteiger partial charge in [-0.15, -0.1) is 0 Å². The van der Waals surface area contributed by atoms with Crippen LogP contribution < -0.4 is 5.32 Å². The molecule has 1 aromatic heterocycles. The summed E-state index contributed by atoms with van der Waals surface area (Å²) in [5.41, 5.74) is 1.31. The molecule has 0 aliphatic heterocycles. The Morgan fingerprint density at radius 3 is 2.27 bits per heavy atom. The van der Waals surface area contributed by atoms with E-state index in [1.807, 2.05) is 12.4 Å². The molecule has 0 spiro atoms. The summed E-state index contributed by atoms with van der Waals surface area (Å²) in [7, 11) is 0. The average molecular weight is 206 g/mol. The first-order valence-electron chi connectivity index (χ1n) is 5.81. The van der Waals surface area contributed by atoms with Crippen molar-refractivity contribution in [1.82, 2.24) is 10.3 Å². The van der Waals surface area contributed by atoms with Crippen LogP contribution >= 0.6 is 0 Å². The number of aromatic nitrogens is 1. The van der Waals surface area contributed by atoms with Gasteiger partial charge in [-0.05, 0) is 37.0 Å². The molecule has 15 heavy (non-hydrogen) atoms. The minimum Gasteiger partial charge on any atom is -0.307 e. The van der Waals surface area contributed by atoms with Gasteiger partial charge in [0, 0.05) is 24.5 Å². The predicted molar refractivity (Wildman–Crippen MR) is 64.7 cm³/mol. The predicted octanol–water partition coefficient (Wildman–Crippen LogP) is 3.17. The number of rotatable bonds is 5. The third-order valence-corrected chi connectivity index (χ3v) is 2.91. The average Bonchev–Trinajstić information content (AvgIpc) is 2.26. The Labute approximate surface area is 93.1 Å². The molecule has 0 aromatic carbocycles. The fourth-order valence-electron chi connectivity index (χ4n) is 1.85. The number of hydrogen-bond acceptors (Lipinski definition) is 2. The van der Waals surface area contributed by atoms with Crippen LogP contribution in [-0.4, -0.2) is 11.0 Å². The molecule has 1 N–H and O–H groups in total. The van der Waals surface area contributed by atoms with E-state index in [4.69, 9.17) is 0 Å². The van der Waals surface area contributed by atoms with Gasteiger partial charge in [0.1, 0.15) is 0 Å². The lowest BCUT2D eigenvalue weighted by atomic mass is 9.99. The summed E-state index contributed by atoms with van der Waals surface area (Å²) in [6.07, 6.45) is 4.88. The third kappa shape index (κ3) is 3.63. The fourth-order valence-corrected chi connectivity index (χ4v) is 1.85. The zero-order valence-electron chi connectivity index (χ0n) is 10.2. The van der Waals surface area contributed by atoms with E-state index in [1.54, 1.807) is 0 Å². The van der Waals surface area contributed by atoms with Gasteiger partial charge in [-0.1, -0.05) is 20.8 Å². The van der Waals surface area contributed by atoms with E-state index in [0.717, 1.165) is 0 Å². The van der Waals surface area contributed by atoms with E-state index < -0.39 is 0 Å². The fraction of sp³-hybridized carbons (Fsp3) is 0.615. The first-order valence-corrected chi connectivity index (χ1v) is 5.81.